The van der Waals surface area contributed by atoms with Gasteiger partial charge in [-0.2, -0.15) is 5.10 Å². The summed E-state index contributed by atoms with van der Waals surface area (Å²) in [5.74, 6) is 0.422. The highest BCUT2D eigenvalue weighted by molar-refractivity contribution is 6.44. The molecular weight excluding hydrogens is 449 g/mol. The molecule has 0 spiro atoms. The molecule has 3 aromatic rings. The number of halogens is 2. The summed E-state index contributed by atoms with van der Waals surface area (Å²) in [6.45, 7) is 2.11. The second kappa shape index (κ2) is 11.0. The van der Waals surface area contributed by atoms with Gasteiger partial charge in [-0.3, -0.25) is 10.1 Å². The van der Waals surface area contributed by atoms with Crippen molar-refractivity contribution in [3.63, 3.8) is 0 Å². The second-order valence-electron chi connectivity index (χ2n) is 7.24. The van der Waals surface area contributed by atoms with Gasteiger partial charge in [-0.25, -0.2) is 9.48 Å². The number of aromatic nitrogens is 2. The van der Waals surface area contributed by atoms with Gasteiger partial charge in [-0.05, 0) is 42.7 Å². The average Bonchev–Trinajstić information content (AvgIpc) is 3.18. The molecule has 0 saturated heterocycles. The van der Waals surface area contributed by atoms with Crippen molar-refractivity contribution in [1.82, 2.24) is 15.1 Å². The maximum absolute atomic E-state index is 12.7. The summed E-state index contributed by atoms with van der Waals surface area (Å²) in [6, 6.07) is 13.9. The summed E-state index contributed by atoms with van der Waals surface area (Å²) in [4.78, 5) is 24.5. The van der Waals surface area contributed by atoms with Crippen LogP contribution in [0.4, 0.5) is 16.3 Å². The number of hydrogen-bond acceptors (Lipinski definition) is 3. The largest absolute Gasteiger partial charge is 0.359 e. The third-order valence-electron chi connectivity index (χ3n) is 4.79. The summed E-state index contributed by atoms with van der Waals surface area (Å²) < 4.78 is 1.66. The van der Waals surface area contributed by atoms with Gasteiger partial charge in [0.15, 0.2) is 0 Å². The number of likely N-dealkylation sites (N-methyl/N-ethyl adjacent to an activating group) is 1. The number of hydrogen-bond donors (Lipinski definition) is 3. The Bertz CT molecular complexity index is 1110. The van der Waals surface area contributed by atoms with Crippen LogP contribution in [-0.2, 0) is 17.6 Å². The van der Waals surface area contributed by atoms with E-state index >= 15 is 0 Å². The maximum Gasteiger partial charge on any atom is 0.324 e. The molecule has 0 aliphatic rings. The molecular formula is C23H25Cl2N5O2. The number of aryl methyl sites for hydroxylation is 1. The number of nitrogens with one attached hydrogen (secondary N) is 3. The van der Waals surface area contributed by atoms with Gasteiger partial charge in [-0.1, -0.05) is 54.7 Å². The second-order valence-corrected chi connectivity index (χ2v) is 8.02. The summed E-state index contributed by atoms with van der Waals surface area (Å²) in [5, 5.41) is 13.5. The van der Waals surface area contributed by atoms with Crippen LogP contribution in [0.3, 0.4) is 0 Å². The van der Waals surface area contributed by atoms with Crippen molar-refractivity contribution >= 4 is 46.6 Å². The number of amides is 3. The minimum absolute atomic E-state index is 0.0811. The van der Waals surface area contributed by atoms with Crippen LogP contribution in [0.1, 0.15) is 31.0 Å². The van der Waals surface area contributed by atoms with Crippen LogP contribution in [0, 0.1) is 0 Å². The molecule has 0 fully saturated rings. The van der Waals surface area contributed by atoms with E-state index in [4.69, 9.17) is 23.2 Å². The Balaban J connectivity index is 1.87. The van der Waals surface area contributed by atoms with E-state index in [9.17, 15) is 9.59 Å². The van der Waals surface area contributed by atoms with Gasteiger partial charge in [0.1, 0.15) is 5.82 Å². The van der Waals surface area contributed by atoms with Crippen LogP contribution < -0.4 is 16.0 Å². The molecule has 3 N–H and O–H groups in total. The lowest BCUT2D eigenvalue weighted by atomic mass is 10.1. The highest BCUT2D eigenvalue weighted by atomic mass is 35.5. The van der Waals surface area contributed by atoms with Crippen molar-refractivity contribution in [2.75, 3.05) is 17.7 Å². The lowest BCUT2D eigenvalue weighted by Gasteiger charge is -2.12. The van der Waals surface area contributed by atoms with Crippen LogP contribution in [0.5, 0.6) is 0 Å². The molecule has 7 nitrogen and oxygen atoms in total. The molecule has 0 radical (unpaired) electrons. The number of benzene rings is 2. The van der Waals surface area contributed by atoms with Gasteiger partial charge < -0.3 is 10.6 Å². The van der Waals surface area contributed by atoms with E-state index in [2.05, 4.69) is 28.0 Å². The molecule has 0 saturated carbocycles. The van der Waals surface area contributed by atoms with E-state index in [1.807, 2.05) is 30.3 Å². The molecule has 0 aliphatic carbocycles. The fourth-order valence-electron chi connectivity index (χ4n) is 3.14. The predicted molar refractivity (Wildman–Crippen MR) is 129 cm³/mol. The van der Waals surface area contributed by atoms with Gasteiger partial charge in [0.05, 0.1) is 33.5 Å². The minimum atomic E-state index is -0.473. The summed E-state index contributed by atoms with van der Waals surface area (Å²) in [7, 11) is 1.60. The number of rotatable bonds is 8. The lowest BCUT2D eigenvalue weighted by molar-refractivity contribution is -0.119. The smallest absolute Gasteiger partial charge is 0.324 e. The maximum atomic E-state index is 12.7. The molecule has 0 bridgehead atoms. The molecule has 0 aliphatic heterocycles. The molecule has 168 valence electrons. The van der Waals surface area contributed by atoms with Crippen molar-refractivity contribution in [3.05, 3.63) is 69.8 Å². The van der Waals surface area contributed by atoms with Crippen LogP contribution in [0.15, 0.2) is 48.5 Å². The van der Waals surface area contributed by atoms with Crippen molar-refractivity contribution in [1.29, 1.82) is 0 Å². The number of carbonyl (C=O) groups is 2. The number of nitrogens with zero attached hydrogens (tertiary/aromatic N) is 2. The van der Waals surface area contributed by atoms with E-state index in [1.165, 1.54) is 0 Å². The summed E-state index contributed by atoms with van der Waals surface area (Å²) in [6.07, 6.45) is 3.06. The van der Waals surface area contributed by atoms with Crippen LogP contribution in [0.2, 0.25) is 10.0 Å². The molecule has 3 rings (SSSR count). The van der Waals surface area contributed by atoms with Gasteiger partial charge in [0.2, 0.25) is 5.91 Å². The van der Waals surface area contributed by atoms with Crippen LogP contribution >= 0.6 is 23.2 Å². The SMILES string of the molecule is CCCCc1cc(NC(=O)Nc2cccc(Cl)c2Cl)n(-c2cccc(CC(=O)NC)c2)n1. The number of carbonyl (C=O) groups excluding carboxylic acids is 2. The Labute approximate surface area is 197 Å². The predicted octanol–water partition coefficient (Wildman–Crippen LogP) is 5.45. The third kappa shape index (κ3) is 6.02. The van der Waals surface area contributed by atoms with Gasteiger partial charge in [0.25, 0.3) is 0 Å². The van der Waals surface area contributed by atoms with Crippen molar-refractivity contribution in [3.8, 4) is 5.69 Å². The lowest BCUT2D eigenvalue weighted by Crippen LogP contribution is -2.21. The molecule has 2 aromatic carbocycles. The topological polar surface area (TPSA) is 88.0 Å². The highest BCUT2D eigenvalue weighted by Crippen LogP contribution is 2.29. The highest BCUT2D eigenvalue weighted by Gasteiger charge is 2.15. The monoisotopic (exact) mass is 473 g/mol. The number of anilines is 2. The quantitative estimate of drug-likeness (QED) is 0.406. The van der Waals surface area contributed by atoms with Crippen molar-refractivity contribution in [2.24, 2.45) is 0 Å². The van der Waals surface area contributed by atoms with E-state index < -0.39 is 6.03 Å². The van der Waals surface area contributed by atoms with Gasteiger partial charge in [0, 0.05) is 13.1 Å². The average molecular weight is 474 g/mol. The summed E-state index contributed by atoms with van der Waals surface area (Å²) >= 11 is 12.2. The van der Waals surface area contributed by atoms with E-state index in [0.29, 0.717) is 16.5 Å². The Morgan fingerprint density at radius 3 is 2.59 bits per heavy atom. The van der Waals surface area contributed by atoms with Crippen LogP contribution in [0.25, 0.3) is 5.69 Å². The number of urea groups is 1. The Morgan fingerprint density at radius 2 is 1.84 bits per heavy atom. The van der Waals surface area contributed by atoms with Crippen molar-refractivity contribution < 1.29 is 9.59 Å². The standard InChI is InChI=1S/C23H25Cl2N5O2/c1-3-4-8-16-14-20(28-23(32)27-19-11-6-10-18(24)22(19)25)30(29-16)17-9-5-7-15(12-17)13-21(31)26-2/h5-7,9-12,14H,3-4,8,13H2,1-2H3,(H,26,31)(H2,27,28,32). The molecule has 32 heavy (non-hydrogen) atoms. The zero-order valence-corrected chi connectivity index (χ0v) is 19.4. The van der Waals surface area contributed by atoms with Gasteiger partial charge >= 0.3 is 6.03 Å². The first-order chi connectivity index (χ1) is 15.4. The molecule has 1 aromatic heterocycles. The first-order valence-electron chi connectivity index (χ1n) is 10.3. The van der Waals surface area contributed by atoms with Crippen LogP contribution in [-0.4, -0.2) is 28.8 Å². The minimum Gasteiger partial charge on any atom is -0.359 e. The first kappa shape index (κ1) is 23.6. The van der Waals surface area contributed by atoms with E-state index in [1.54, 1.807) is 29.9 Å². The molecule has 0 atom stereocenters. The molecule has 3 amide bonds. The first-order valence-corrected chi connectivity index (χ1v) is 11.1. The molecule has 9 heteroatoms. The fraction of sp³-hybridized carbons (Fsp3) is 0.261. The van der Waals surface area contributed by atoms with E-state index in [0.717, 1.165) is 36.2 Å². The Kier molecular flexibility index (Phi) is 8.14. The Morgan fingerprint density at radius 1 is 1.06 bits per heavy atom. The zero-order valence-electron chi connectivity index (χ0n) is 17.9. The molecule has 0 unspecified atom stereocenters. The molecule has 1 heterocycles. The van der Waals surface area contributed by atoms with Crippen molar-refractivity contribution in [2.45, 2.75) is 32.6 Å². The third-order valence-corrected chi connectivity index (χ3v) is 5.61. The normalized spacial score (nSPS) is 10.6. The number of unbranched alkanes of at least 4 members (excludes halogenated alkanes) is 1. The zero-order chi connectivity index (χ0) is 23.1. The van der Waals surface area contributed by atoms with E-state index in [-0.39, 0.29) is 17.4 Å². The fourth-order valence-corrected chi connectivity index (χ4v) is 3.49. The Hall–Kier alpha value is -3.03. The summed E-state index contributed by atoms with van der Waals surface area (Å²) in [5.41, 5.74) is 2.85. The van der Waals surface area contributed by atoms with Gasteiger partial charge in [-0.15, -0.1) is 0 Å².